The van der Waals surface area contributed by atoms with Gasteiger partial charge in [0, 0.05) is 49.1 Å². The van der Waals surface area contributed by atoms with E-state index in [4.69, 9.17) is 0 Å². The first-order valence-corrected chi connectivity index (χ1v) is 7.38. The minimum absolute atomic E-state index is 0.0876. The Morgan fingerprint density at radius 1 is 1.39 bits per heavy atom. The van der Waals surface area contributed by atoms with E-state index in [1.807, 2.05) is 25.5 Å². The molecule has 0 radical (unpaired) electrons. The topological polar surface area (TPSA) is 81.3 Å². The van der Waals surface area contributed by atoms with E-state index in [0.717, 1.165) is 23.5 Å². The molecule has 2 rings (SSSR count). The fourth-order valence-corrected chi connectivity index (χ4v) is 2.55. The number of carbonyl (C=O) groups excluding carboxylic acids is 1. The van der Waals surface area contributed by atoms with Crippen molar-refractivity contribution in [3.05, 3.63) is 56.9 Å². The van der Waals surface area contributed by atoms with Crippen LogP contribution in [0.5, 0.6) is 0 Å². The Balaban J connectivity index is 2.22. The van der Waals surface area contributed by atoms with Crippen molar-refractivity contribution >= 4 is 11.6 Å². The van der Waals surface area contributed by atoms with E-state index in [-0.39, 0.29) is 11.6 Å². The molecule has 7 nitrogen and oxygen atoms in total. The van der Waals surface area contributed by atoms with Crippen LogP contribution in [-0.4, -0.2) is 32.6 Å². The van der Waals surface area contributed by atoms with Crippen LogP contribution in [0.15, 0.2) is 24.3 Å². The van der Waals surface area contributed by atoms with Gasteiger partial charge in [0.05, 0.1) is 10.6 Å². The monoisotopic (exact) mass is 316 g/mol. The van der Waals surface area contributed by atoms with Crippen molar-refractivity contribution in [2.75, 3.05) is 7.05 Å². The lowest BCUT2D eigenvalue weighted by molar-refractivity contribution is -0.384. The highest BCUT2D eigenvalue weighted by atomic mass is 16.6. The van der Waals surface area contributed by atoms with E-state index in [1.165, 1.54) is 18.2 Å². The van der Waals surface area contributed by atoms with Crippen molar-refractivity contribution in [2.24, 2.45) is 0 Å². The summed E-state index contributed by atoms with van der Waals surface area (Å²) >= 11 is 0. The lowest BCUT2D eigenvalue weighted by atomic mass is 10.1. The van der Waals surface area contributed by atoms with Gasteiger partial charge in [0.25, 0.3) is 11.6 Å². The molecule has 0 fully saturated rings. The molecule has 0 atom stereocenters. The normalized spacial score (nSPS) is 10.6. The predicted octanol–water partition coefficient (Wildman–Crippen LogP) is 2.70. The van der Waals surface area contributed by atoms with Crippen molar-refractivity contribution in [3.63, 3.8) is 0 Å². The number of nitro groups is 1. The zero-order valence-electron chi connectivity index (χ0n) is 13.7. The molecular formula is C16H20N4O3. The molecule has 0 aliphatic rings. The summed E-state index contributed by atoms with van der Waals surface area (Å²) in [6.45, 7) is 7.10. The number of hydrogen-bond donors (Lipinski definition) is 0. The van der Waals surface area contributed by atoms with Crippen LogP contribution < -0.4 is 0 Å². The molecule has 0 bridgehead atoms. The average molecular weight is 316 g/mol. The maximum Gasteiger partial charge on any atom is 0.270 e. The van der Waals surface area contributed by atoms with Crippen LogP contribution in [0.25, 0.3) is 0 Å². The molecule has 1 amide bonds. The van der Waals surface area contributed by atoms with Crippen LogP contribution in [0, 0.1) is 24.0 Å². The second-order valence-electron chi connectivity index (χ2n) is 5.43. The van der Waals surface area contributed by atoms with Crippen molar-refractivity contribution < 1.29 is 9.72 Å². The summed E-state index contributed by atoms with van der Waals surface area (Å²) in [5, 5.41) is 15.3. The number of non-ortho nitro benzene ring substituents is 1. The van der Waals surface area contributed by atoms with Gasteiger partial charge in [-0.05, 0) is 26.8 Å². The average Bonchev–Trinajstić information content (AvgIpc) is 2.81. The first-order valence-electron chi connectivity index (χ1n) is 7.38. The van der Waals surface area contributed by atoms with E-state index < -0.39 is 4.92 Å². The van der Waals surface area contributed by atoms with Gasteiger partial charge >= 0.3 is 0 Å². The summed E-state index contributed by atoms with van der Waals surface area (Å²) in [5.74, 6) is -0.253. The number of nitro benzene ring substituents is 1. The highest BCUT2D eigenvalue weighted by Gasteiger charge is 2.18. The number of benzene rings is 1. The van der Waals surface area contributed by atoms with E-state index in [0.29, 0.717) is 12.1 Å². The van der Waals surface area contributed by atoms with Crippen LogP contribution in [-0.2, 0) is 13.1 Å². The van der Waals surface area contributed by atoms with Gasteiger partial charge in [0.15, 0.2) is 0 Å². The minimum atomic E-state index is -0.504. The molecule has 1 aromatic heterocycles. The first-order chi connectivity index (χ1) is 10.8. The molecule has 0 saturated carbocycles. The zero-order chi connectivity index (χ0) is 17.1. The summed E-state index contributed by atoms with van der Waals surface area (Å²) in [4.78, 5) is 24.4. The van der Waals surface area contributed by atoms with Crippen LogP contribution in [0.2, 0.25) is 0 Å². The summed E-state index contributed by atoms with van der Waals surface area (Å²) < 4.78 is 1.90. The van der Waals surface area contributed by atoms with E-state index in [2.05, 4.69) is 5.10 Å². The Hall–Kier alpha value is -2.70. The summed E-state index contributed by atoms with van der Waals surface area (Å²) in [7, 11) is 1.68. The number of rotatable bonds is 5. The first kappa shape index (κ1) is 16.7. The van der Waals surface area contributed by atoms with Crippen molar-refractivity contribution in [3.8, 4) is 0 Å². The number of aromatic nitrogens is 2. The molecule has 1 aromatic carbocycles. The Bertz CT molecular complexity index is 752. The molecule has 0 aliphatic carbocycles. The van der Waals surface area contributed by atoms with Crippen LogP contribution >= 0.6 is 0 Å². The lowest BCUT2D eigenvalue weighted by Gasteiger charge is -2.17. The fourth-order valence-electron chi connectivity index (χ4n) is 2.55. The third kappa shape index (κ3) is 3.39. The van der Waals surface area contributed by atoms with Gasteiger partial charge < -0.3 is 4.90 Å². The van der Waals surface area contributed by atoms with Gasteiger partial charge in [-0.2, -0.15) is 5.10 Å². The number of hydrogen-bond acceptors (Lipinski definition) is 4. The molecule has 1 heterocycles. The smallest absolute Gasteiger partial charge is 0.270 e. The summed E-state index contributed by atoms with van der Waals surface area (Å²) in [5.41, 5.74) is 3.15. The molecule has 122 valence electrons. The molecule has 0 spiro atoms. The molecule has 0 aliphatic heterocycles. The van der Waals surface area contributed by atoms with E-state index in [9.17, 15) is 14.9 Å². The molecule has 0 N–H and O–H groups in total. The Morgan fingerprint density at radius 3 is 2.65 bits per heavy atom. The molecule has 2 aromatic rings. The fraction of sp³-hybridized carbons (Fsp3) is 0.375. The second-order valence-corrected chi connectivity index (χ2v) is 5.43. The van der Waals surface area contributed by atoms with Gasteiger partial charge in [0.1, 0.15) is 0 Å². The molecule has 23 heavy (non-hydrogen) atoms. The van der Waals surface area contributed by atoms with Gasteiger partial charge in [-0.15, -0.1) is 0 Å². The molecule has 0 unspecified atom stereocenters. The van der Waals surface area contributed by atoms with Crippen molar-refractivity contribution in [1.82, 2.24) is 14.7 Å². The van der Waals surface area contributed by atoms with E-state index >= 15 is 0 Å². The molecule has 0 saturated heterocycles. The van der Waals surface area contributed by atoms with Crippen molar-refractivity contribution in [1.29, 1.82) is 0 Å². The Morgan fingerprint density at radius 2 is 2.09 bits per heavy atom. The summed E-state index contributed by atoms with van der Waals surface area (Å²) in [6.07, 6.45) is 0. The van der Waals surface area contributed by atoms with Gasteiger partial charge in [0.2, 0.25) is 0 Å². The quantitative estimate of drug-likeness (QED) is 0.627. The number of carbonyl (C=O) groups is 1. The van der Waals surface area contributed by atoms with Crippen LogP contribution in [0.1, 0.15) is 34.2 Å². The SMILES string of the molecule is CCn1nc(C)c(CN(C)C(=O)c2cccc([N+](=O)[O-])c2)c1C. The van der Waals surface area contributed by atoms with Crippen molar-refractivity contribution in [2.45, 2.75) is 33.9 Å². The van der Waals surface area contributed by atoms with E-state index in [1.54, 1.807) is 18.0 Å². The van der Waals surface area contributed by atoms with Gasteiger partial charge in [-0.1, -0.05) is 6.07 Å². The largest absolute Gasteiger partial charge is 0.337 e. The second kappa shape index (κ2) is 6.60. The highest BCUT2D eigenvalue weighted by molar-refractivity contribution is 5.94. The number of amides is 1. The zero-order valence-corrected chi connectivity index (χ0v) is 13.7. The maximum absolute atomic E-state index is 12.5. The minimum Gasteiger partial charge on any atom is -0.337 e. The predicted molar refractivity (Wildman–Crippen MR) is 86.3 cm³/mol. The number of aryl methyl sites for hydroxylation is 2. The van der Waals surface area contributed by atoms with Crippen LogP contribution in [0.3, 0.4) is 0 Å². The van der Waals surface area contributed by atoms with Gasteiger partial charge in [-0.25, -0.2) is 0 Å². The third-order valence-corrected chi connectivity index (χ3v) is 3.88. The maximum atomic E-state index is 12.5. The Kier molecular flexibility index (Phi) is 4.78. The van der Waals surface area contributed by atoms with Gasteiger partial charge in [-0.3, -0.25) is 19.6 Å². The summed E-state index contributed by atoms with van der Waals surface area (Å²) in [6, 6.07) is 5.77. The third-order valence-electron chi connectivity index (χ3n) is 3.88. The molecule has 7 heteroatoms. The number of nitrogens with zero attached hydrogens (tertiary/aromatic N) is 4. The molecular weight excluding hydrogens is 296 g/mol. The Labute approximate surface area is 134 Å². The lowest BCUT2D eigenvalue weighted by Crippen LogP contribution is -2.26. The van der Waals surface area contributed by atoms with Crippen LogP contribution in [0.4, 0.5) is 5.69 Å². The standard InChI is InChI=1S/C16H20N4O3/c1-5-19-12(3)15(11(2)17-19)10-18(4)16(21)13-7-6-8-14(9-13)20(22)23/h6-9H,5,10H2,1-4H3. The highest BCUT2D eigenvalue weighted by Crippen LogP contribution is 2.18.